The summed E-state index contributed by atoms with van der Waals surface area (Å²) in [7, 11) is 0. The molecule has 1 atom stereocenters. The van der Waals surface area contributed by atoms with E-state index in [-0.39, 0.29) is 19.1 Å². The van der Waals surface area contributed by atoms with Gasteiger partial charge in [0.25, 0.3) is 5.91 Å². The molecule has 2 heterocycles. The monoisotopic (exact) mass is 401 g/mol. The van der Waals surface area contributed by atoms with E-state index in [4.69, 9.17) is 30.2 Å². The SMILES string of the molecule is C[C@H](OC(=O)c1cc2cc(Cl)ccc2o1)C(=O)NCc1ccc2c(c1)OCO2. The summed E-state index contributed by atoms with van der Waals surface area (Å²) in [6, 6.07) is 11.9. The number of carbonyl (C=O) groups excluding carboxylic acids is 2. The topological polar surface area (TPSA) is 87.0 Å². The molecule has 7 nitrogen and oxygen atoms in total. The van der Waals surface area contributed by atoms with Crippen LogP contribution >= 0.6 is 11.6 Å². The lowest BCUT2D eigenvalue weighted by molar-refractivity contribution is -0.129. The molecule has 3 aromatic rings. The highest BCUT2D eigenvalue weighted by molar-refractivity contribution is 6.31. The van der Waals surface area contributed by atoms with E-state index in [1.54, 1.807) is 30.3 Å². The van der Waals surface area contributed by atoms with Crippen LogP contribution in [0.5, 0.6) is 11.5 Å². The average molecular weight is 402 g/mol. The molecular formula is C20H16ClNO6. The number of ether oxygens (including phenoxy) is 3. The lowest BCUT2D eigenvalue weighted by atomic mass is 10.2. The number of amides is 1. The van der Waals surface area contributed by atoms with Crippen LogP contribution in [0, 0.1) is 0 Å². The lowest BCUT2D eigenvalue weighted by Gasteiger charge is -2.13. The molecule has 0 aliphatic carbocycles. The van der Waals surface area contributed by atoms with Gasteiger partial charge in [-0.25, -0.2) is 4.79 Å². The molecule has 0 fully saturated rings. The van der Waals surface area contributed by atoms with E-state index >= 15 is 0 Å². The summed E-state index contributed by atoms with van der Waals surface area (Å²) in [6.45, 7) is 1.94. The van der Waals surface area contributed by atoms with E-state index in [9.17, 15) is 9.59 Å². The minimum Gasteiger partial charge on any atom is -0.454 e. The van der Waals surface area contributed by atoms with Gasteiger partial charge in [-0.2, -0.15) is 0 Å². The van der Waals surface area contributed by atoms with Crippen molar-refractivity contribution in [2.45, 2.75) is 19.6 Å². The first kappa shape index (κ1) is 18.2. The first-order valence-electron chi connectivity index (χ1n) is 8.56. The number of carbonyl (C=O) groups is 2. The van der Waals surface area contributed by atoms with E-state index in [2.05, 4.69) is 5.32 Å². The van der Waals surface area contributed by atoms with Crippen LogP contribution in [0.15, 0.2) is 46.9 Å². The molecule has 2 aromatic carbocycles. The Labute approximate surface area is 165 Å². The minimum absolute atomic E-state index is 0.00712. The van der Waals surface area contributed by atoms with E-state index < -0.39 is 18.0 Å². The summed E-state index contributed by atoms with van der Waals surface area (Å²) in [4.78, 5) is 24.5. The zero-order chi connectivity index (χ0) is 19.7. The number of fused-ring (bicyclic) bond motifs is 2. The second-order valence-corrected chi connectivity index (χ2v) is 6.68. The fourth-order valence-electron chi connectivity index (χ4n) is 2.77. The molecule has 4 rings (SSSR count). The molecule has 0 spiro atoms. The molecule has 0 saturated carbocycles. The first-order valence-corrected chi connectivity index (χ1v) is 8.94. The molecule has 1 amide bonds. The normalized spacial score (nSPS) is 13.4. The highest BCUT2D eigenvalue weighted by atomic mass is 35.5. The third-order valence-electron chi connectivity index (χ3n) is 4.24. The third-order valence-corrected chi connectivity index (χ3v) is 4.47. The molecule has 0 saturated heterocycles. The number of hydrogen-bond acceptors (Lipinski definition) is 6. The van der Waals surface area contributed by atoms with Gasteiger partial charge >= 0.3 is 5.97 Å². The molecule has 144 valence electrons. The van der Waals surface area contributed by atoms with Crippen molar-refractivity contribution in [3.8, 4) is 11.5 Å². The Morgan fingerprint density at radius 2 is 1.96 bits per heavy atom. The van der Waals surface area contributed by atoms with Gasteiger partial charge in [0, 0.05) is 17.0 Å². The Kier molecular flexibility index (Phi) is 4.83. The standard InChI is InChI=1S/C20H16ClNO6/c1-11(19(23)22-9-12-2-4-16-17(6-12)26-10-25-16)27-20(24)18-8-13-7-14(21)3-5-15(13)28-18/h2-8,11H,9-10H2,1H3,(H,22,23)/t11-/m0/s1. The van der Waals surface area contributed by atoms with Crippen LogP contribution in [0.1, 0.15) is 23.0 Å². The van der Waals surface area contributed by atoms with Crippen molar-refractivity contribution in [2.75, 3.05) is 6.79 Å². The minimum atomic E-state index is -0.988. The number of nitrogens with one attached hydrogen (secondary N) is 1. The largest absolute Gasteiger partial charge is 0.454 e. The van der Waals surface area contributed by atoms with Crippen LogP contribution < -0.4 is 14.8 Å². The second kappa shape index (κ2) is 7.44. The Morgan fingerprint density at radius 1 is 1.14 bits per heavy atom. The van der Waals surface area contributed by atoms with Crippen molar-refractivity contribution in [3.05, 3.63) is 58.8 Å². The summed E-state index contributed by atoms with van der Waals surface area (Å²) in [6.07, 6.45) is -0.988. The van der Waals surface area contributed by atoms with Crippen LogP contribution in [0.4, 0.5) is 0 Å². The molecule has 8 heteroatoms. The molecule has 1 aliphatic rings. The molecule has 0 bridgehead atoms. The van der Waals surface area contributed by atoms with Crippen LogP contribution in [0.2, 0.25) is 5.02 Å². The number of esters is 1. The Morgan fingerprint density at radius 3 is 2.82 bits per heavy atom. The molecular weight excluding hydrogens is 386 g/mol. The molecule has 1 aliphatic heterocycles. The fraction of sp³-hybridized carbons (Fsp3) is 0.200. The van der Waals surface area contributed by atoms with Gasteiger partial charge in [0.2, 0.25) is 12.6 Å². The van der Waals surface area contributed by atoms with Crippen molar-refractivity contribution >= 4 is 34.4 Å². The predicted octanol–water partition coefficient (Wildman–Crippen LogP) is 3.68. The Balaban J connectivity index is 1.34. The molecule has 0 unspecified atom stereocenters. The highest BCUT2D eigenvalue weighted by Crippen LogP contribution is 2.32. The number of furan rings is 1. The van der Waals surface area contributed by atoms with Gasteiger partial charge < -0.3 is 23.9 Å². The van der Waals surface area contributed by atoms with Crippen molar-refractivity contribution < 1.29 is 28.2 Å². The molecule has 28 heavy (non-hydrogen) atoms. The third kappa shape index (κ3) is 3.75. The summed E-state index contributed by atoms with van der Waals surface area (Å²) in [5.74, 6) is 0.164. The lowest BCUT2D eigenvalue weighted by Crippen LogP contribution is -2.35. The molecule has 1 aromatic heterocycles. The second-order valence-electron chi connectivity index (χ2n) is 6.25. The van der Waals surface area contributed by atoms with Gasteiger partial charge in [0.05, 0.1) is 0 Å². The predicted molar refractivity (Wildman–Crippen MR) is 101 cm³/mol. The van der Waals surface area contributed by atoms with Crippen LogP contribution in [-0.2, 0) is 16.1 Å². The number of rotatable bonds is 5. The van der Waals surface area contributed by atoms with E-state index in [0.717, 1.165) is 5.56 Å². The Hall–Kier alpha value is -3.19. The summed E-state index contributed by atoms with van der Waals surface area (Å²) < 4.78 is 21.2. The van der Waals surface area contributed by atoms with Crippen LogP contribution in [-0.4, -0.2) is 24.8 Å². The maximum absolute atomic E-state index is 12.3. The summed E-state index contributed by atoms with van der Waals surface area (Å²) in [5, 5.41) is 3.93. The number of benzene rings is 2. The van der Waals surface area contributed by atoms with E-state index in [0.29, 0.717) is 27.5 Å². The van der Waals surface area contributed by atoms with Crippen molar-refractivity contribution in [1.82, 2.24) is 5.32 Å². The maximum atomic E-state index is 12.3. The Bertz CT molecular complexity index is 1060. The van der Waals surface area contributed by atoms with Crippen molar-refractivity contribution in [2.24, 2.45) is 0 Å². The summed E-state index contributed by atoms with van der Waals surface area (Å²) in [5.41, 5.74) is 1.35. The van der Waals surface area contributed by atoms with Gasteiger partial charge in [0.15, 0.2) is 17.6 Å². The van der Waals surface area contributed by atoms with Gasteiger partial charge in [-0.3, -0.25) is 4.79 Å². The van der Waals surface area contributed by atoms with E-state index in [1.807, 2.05) is 6.07 Å². The maximum Gasteiger partial charge on any atom is 0.375 e. The highest BCUT2D eigenvalue weighted by Gasteiger charge is 2.22. The number of halogens is 1. The van der Waals surface area contributed by atoms with Gasteiger partial charge in [-0.05, 0) is 48.9 Å². The van der Waals surface area contributed by atoms with Gasteiger partial charge in [-0.15, -0.1) is 0 Å². The zero-order valence-electron chi connectivity index (χ0n) is 14.9. The zero-order valence-corrected chi connectivity index (χ0v) is 15.6. The van der Waals surface area contributed by atoms with Crippen LogP contribution in [0.25, 0.3) is 11.0 Å². The molecule has 1 N–H and O–H groups in total. The first-order chi connectivity index (χ1) is 13.5. The van der Waals surface area contributed by atoms with E-state index in [1.165, 1.54) is 13.0 Å². The summed E-state index contributed by atoms with van der Waals surface area (Å²) >= 11 is 5.92. The van der Waals surface area contributed by atoms with Crippen LogP contribution in [0.3, 0.4) is 0 Å². The smallest absolute Gasteiger partial charge is 0.375 e. The molecule has 0 radical (unpaired) electrons. The number of hydrogen-bond donors (Lipinski definition) is 1. The van der Waals surface area contributed by atoms with Crippen molar-refractivity contribution in [1.29, 1.82) is 0 Å². The van der Waals surface area contributed by atoms with Crippen molar-refractivity contribution in [3.63, 3.8) is 0 Å². The average Bonchev–Trinajstić information content (AvgIpc) is 3.31. The van der Waals surface area contributed by atoms with Gasteiger partial charge in [-0.1, -0.05) is 17.7 Å². The fourth-order valence-corrected chi connectivity index (χ4v) is 2.95. The quantitative estimate of drug-likeness (QED) is 0.656. The van der Waals surface area contributed by atoms with Gasteiger partial charge in [0.1, 0.15) is 5.58 Å².